The van der Waals surface area contributed by atoms with E-state index < -0.39 is 0 Å². The number of likely N-dealkylation sites (tertiary alicyclic amines) is 1. The summed E-state index contributed by atoms with van der Waals surface area (Å²) in [4.78, 5) is 26.4. The highest BCUT2D eigenvalue weighted by Gasteiger charge is 2.23. The van der Waals surface area contributed by atoms with Gasteiger partial charge in [0.2, 0.25) is 11.8 Å². The highest BCUT2D eigenvalue weighted by atomic mass is 19.1. The molecule has 1 N–H and O–H groups in total. The van der Waals surface area contributed by atoms with Crippen LogP contribution in [0.5, 0.6) is 0 Å². The van der Waals surface area contributed by atoms with Crippen LogP contribution < -0.4 is 5.32 Å². The Hall–Kier alpha value is -2.69. The van der Waals surface area contributed by atoms with Crippen LogP contribution in [0.1, 0.15) is 24.0 Å². The lowest BCUT2D eigenvalue weighted by atomic mass is 10.0. The molecule has 1 aliphatic heterocycles. The zero-order valence-electron chi connectivity index (χ0n) is 14.7. The zero-order valence-corrected chi connectivity index (χ0v) is 14.7. The fourth-order valence-corrected chi connectivity index (χ4v) is 3.22. The largest absolute Gasteiger partial charge is 0.353 e. The van der Waals surface area contributed by atoms with Crippen molar-refractivity contribution in [1.29, 1.82) is 0 Å². The van der Waals surface area contributed by atoms with Crippen LogP contribution in [0.3, 0.4) is 0 Å². The Balaban J connectivity index is 1.42. The van der Waals surface area contributed by atoms with Crippen LogP contribution in [-0.4, -0.2) is 35.8 Å². The van der Waals surface area contributed by atoms with Crippen molar-refractivity contribution < 1.29 is 14.0 Å². The highest BCUT2D eigenvalue weighted by molar-refractivity contribution is 5.80. The molecule has 0 unspecified atom stereocenters. The van der Waals surface area contributed by atoms with Crippen molar-refractivity contribution in [2.24, 2.45) is 0 Å². The number of hydrogen-bond donors (Lipinski definition) is 1. The first kappa shape index (κ1) is 18.1. The van der Waals surface area contributed by atoms with Gasteiger partial charge in [0.1, 0.15) is 5.82 Å². The molecule has 2 aromatic carbocycles. The van der Waals surface area contributed by atoms with Gasteiger partial charge in [0.05, 0.1) is 12.8 Å². The Kier molecular flexibility index (Phi) is 6.00. The molecular formula is C21H23FN2O2. The van der Waals surface area contributed by atoms with Crippen LogP contribution in [0.15, 0.2) is 54.6 Å². The van der Waals surface area contributed by atoms with Crippen LogP contribution in [0, 0.1) is 5.82 Å². The number of carbonyl (C=O) groups is 2. The molecule has 0 aromatic heterocycles. The molecular weight excluding hydrogens is 331 g/mol. The van der Waals surface area contributed by atoms with Crippen LogP contribution in [0.4, 0.5) is 4.39 Å². The molecule has 1 fully saturated rings. The molecule has 0 atom stereocenters. The Morgan fingerprint density at radius 1 is 0.923 bits per heavy atom. The highest BCUT2D eigenvalue weighted by Crippen LogP contribution is 2.13. The van der Waals surface area contributed by atoms with E-state index in [1.165, 1.54) is 12.1 Å². The van der Waals surface area contributed by atoms with E-state index in [2.05, 4.69) is 5.32 Å². The molecule has 0 aliphatic carbocycles. The summed E-state index contributed by atoms with van der Waals surface area (Å²) in [5, 5.41) is 3.02. The van der Waals surface area contributed by atoms with Gasteiger partial charge in [0.15, 0.2) is 0 Å². The molecule has 0 spiro atoms. The molecule has 3 rings (SSSR count). The van der Waals surface area contributed by atoms with Crippen molar-refractivity contribution in [3.8, 4) is 0 Å². The van der Waals surface area contributed by atoms with E-state index in [9.17, 15) is 14.0 Å². The average molecular weight is 354 g/mol. The topological polar surface area (TPSA) is 49.4 Å². The van der Waals surface area contributed by atoms with E-state index in [1.54, 1.807) is 12.1 Å². The van der Waals surface area contributed by atoms with E-state index >= 15 is 0 Å². The minimum Gasteiger partial charge on any atom is -0.353 e. The van der Waals surface area contributed by atoms with Crippen LogP contribution in [0.25, 0.3) is 0 Å². The van der Waals surface area contributed by atoms with Gasteiger partial charge in [0, 0.05) is 19.1 Å². The van der Waals surface area contributed by atoms with E-state index in [0.717, 1.165) is 24.0 Å². The molecule has 0 radical (unpaired) electrons. The Labute approximate surface area is 153 Å². The first-order valence-electron chi connectivity index (χ1n) is 8.95. The van der Waals surface area contributed by atoms with Crippen LogP contribution in [-0.2, 0) is 22.4 Å². The van der Waals surface area contributed by atoms with Crippen molar-refractivity contribution in [3.05, 3.63) is 71.5 Å². The van der Waals surface area contributed by atoms with E-state index in [0.29, 0.717) is 19.5 Å². The second-order valence-electron chi connectivity index (χ2n) is 6.69. The molecule has 0 bridgehead atoms. The summed E-state index contributed by atoms with van der Waals surface area (Å²) in [5.74, 6) is -0.236. The molecule has 1 heterocycles. The van der Waals surface area contributed by atoms with Gasteiger partial charge in [-0.3, -0.25) is 9.59 Å². The lowest BCUT2D eigenvalue weighted by Gasteiger charge is -2.32. The summed E-state index contributed by atoms with van der Waals surface area (Å²) in [7, 11) is 0. The second kappa shape index (κ2) is 8.61. The van der Waals surface area contributed by atoms with Gasteiger partial charge < -0.3 is 10.2 Å². The SMILES string of the molecule is O=C(Cc1ccc(F)cc1)NC1CCN(C(=O)Cc2ccccc2)CC1. The fourth-order valence-electron chi connectivity index (χ4n) is 3.22. The van der Waals surface area contributed by atoms with Gasteiger partial charge in [-0.1, -0.05) is 42.5 Å². The van der Waals surface area contributed by atoms with Crippen LogP contribution in [0.2, 0.25) is 0 Å². The third-order valence-electron chi connectivity index (χ3n) is 4.69. The third-order valence-corrected chi connectivity index (χ3v) is 4.69. The third kappa shape index (κ3) is 5.15. The number of hydrogen-bond acceptors (Lipinski definition) is 2. The van der Waals surface area contributed by atoms with Crippen molar-refractivity contribution in [1.82, 2.24) is 10.2 Å². The van der Waals surface area contributed by atoms with Gasteiger partial charge in [0.25, 0.3) is 0 Å². The number of halogens is 1. The van der Waals surface area contributed by atoms with Crippen molar-refractivity contribution in [2.45, 2.75) is 31.7 Å². The lowest BCUT2D eigenvalue weighted by Crippen LogP contribution is -2.47. The van der Waals surface area contributed by atoms with Gasteiger partial charge in [-0.15, -0.1) is 0 Å². The summed E-state index contributed by atoms with van der Waals surface area (Å²) in [6, 6.07) is 15.8. The Morgan fingerprint density at radius 2 is 1.54 bits per heavy atom. The van der Waals surface area contributed by atoms with Crippen molar-refractivity contribution >= 4 is 11.8 Å². The molecule has 136 valence electrons. The number of rotatable bonds is 5. The maximum atomic E-state index is 12.9. The summed E-state index contributed by atoms with van der Waals surface area (Å²) in [6.07, 6.45) is 2.18. The van der Waals surface area contributed by atoms with Crippen molar-refractivity contribution in [3.63, 3.8) is 0 Å². The Bertz CT molecular complexity index is 738. The normalized spacial score (nSPS) is 14.9. The fraction of sp³-hybridized carbons (Fsp3) is 0.333. The van der Waals surface area contributed by atoms with E-state index in [-0.39, 0.29) is 30.1 Å². The van der Waals surface area contributed by atoms with Crippen molar-refractivity contribution in [2.75, 3.05) is 13.1 Å². The molecule has 4 nitrogen and oxygen atoms in total. The quantitative estimate of drug-likeness (QED) is 0.898. The predicted octanol–water partition coefficient (Wildman–Crippen LogP) is 2.72. The summed E-state index contributed by atoms with van der Waals surface area (Å²) < 4.78 is 12.9. The number of piperidine rings is 1. The smallest absolute Gasteiger partial charge is 0.226 e. The maximum absolute atomic E-state index is 12.9. The molecule has 26 heavy (non-hydrogen) atoms. The minimum atomic E-state index is -0.304. The number of nitrogens with one attached hydrogen (secondary N) is 1. The van der Waals surface area contributed by atoms with Gasteiger partial charge >= 0.3 is 0 Å². The van der Waals surface area contributed by atoms with Gasteiger partial charge in [-0.2, -0.15) is 0 Å². The lowest BCUT2D eigenvalue weighted by molar-refractivity contribution is -0.131. The molecule has 0 saturated carbocycles. The van der Waals surface area contributed by atoms with Gasteiger partial charge in [-0.25, -0.2) is 4.39 Å². The standard InChI is InChI=1S/C21H23FN2O2/c22-18-8-6-17(7-9-18)14-20(25)23-19-10-12-24(13-11-19)21(26)15-16-4-2-1-3-5-16/h1-9,19H,10-15H2,(H,23,25). The molecule has 2 amide bonds. The average Bonchev–Trinajstić information content (AvgIpc) is 2.65. The Morgan fingerprint density at radius 3 is 2.19 bits per heavy atom. The maximum Gasteiger partial charge on any atom is 0.226 e. The van der Waals surface area contributed by atoms with Gasteiger partial charge in [-0.05, 0) is 36.1 Å². The predicted molar refractivity (Wildman–Crippen MR) is 98.0 cm³/mol. The number of carbonyl (C=O) groups excluding carboxylic acids is 2. The number of amides is 2. The second-order valence-corrected chi connectivity index (χ2v) is 6.69. The molecule has 1 aliphatic rings. The zero-order chi connectivity index (χ0) is 18.4. The number of nitrogens with zero attached hydrogens (tertiary/aromatic N) is 1. The molecule has 5 heteroatoms. The first-order chi connectivity index (χ1) is 12.6. The summed E-state index contributed by atoms with van der Waals surface area (Å²) in [6.45, 7) is 1.32. The first-order valence-corrected chi connectivity index (χ1v) is 8.95. The van der Waals surface area contributed by atoms with Crippen LogP contribution >= 0.6 is 0 Å². The van der Waals surface area contributed by atoms with E-state index in [4.69, 9.17) is 0 Å². The summed E-state index contributed by atoms with van der Waals surface area (Å²) in [5.41, 5.74) is 1.81. The minimum absolute atomic E-state index is 0.0642. The molecule has 1 saturated heterocycles. The summed E-state index contributed by atoms with van der Waals surface area (Å²) >= 11 is 0. The number of benzene rings is 2. The molecule has 2 aromatic rings. The van der Waals surface area contributed by atoms with E-state index in [1.807, 2.05) is 35.2 Å². The monoisotopic (exact) mass is 354 g/mol.